The van der Waals surface area contributed by atoms with E-state index in [2.05, 4.69) is 20.5 Å². The highest BCUT2D eigenvalue weighted by atomic mass is 16.2. The first-order chi connectivity index (χ1) is 14.7. The molecule has 8 nitrogen and oxygen atoms in total. The van der Waals surface area contributed by atoms with Crippen LogP contribution >= 0.6 is 0 Å². The number of aromatic nitrogens is 4. The number of nitrogens with zero attached hydrogens (tertiary/aromatic N) is 4. The molecule has 150 valence electrons. The third-order valence-electron chi connectivity index (χ3n) is 5.35. The third kappa shape index (κ3) is 3.12. The summed E-state index contributed by atoms with van der Waals surface area (Å²) in [7, 11) is 0. The number of carbonyl (C=O) groups is 1. The molecule has 0 unspecified atom stereocenters. The third-order valence-corrected chi connectivity index (χ3v) is 5.35. The Morgan fingerprint density at radius 3 is 2.70 bits per heavy atom. The van der Waals surface area contributed by atoms with Gasteiger partial charge in [-0.3, -0.25) is 14.2 Å². The van der Waals surface area contributed by atoms with Gasteiger partial charge < -0.3 is 15.2 Å². The molecule has 0 atom stereocenters. The van der Waals surface area contributed by atoms with E-state index in [0.717, 1.165) is 22.2 Å². The van der Waals surface area contributed by atoms with Crippen molar-refractivity contribution in [2.45, 2.75) is 13.0 Å². The lowest BCUT2D eigenvalue weighted by Crippen LogP contribution is -2.35. The summed E-state index contributed by atoms with van der Waals surface area (Å²) in [6.07, 6.45) is 2.59. The van der Waals surface area contributed by atoms with Crippen molar-refractivity contribution >= 4 is 28.4 Å². The topological polar surface area (TPSA) is 95.9 Å². The maximum atomic E-state index is 12.8. The molecule has 2 aromatic heterocycles. The van der Waals surface area contributed by atoms with Gasteiger partial charge in [-0.25, -0.2) is 0 Å². The Labute approximate surface area is 172 Å². The van der Waals surface area contributed by atoms with Crippen LogP contribution in [-0.2, 0) is 13.0 Å². The lowest BCUT2D eigenvalue weighted by atomic mass is 10.1. The Morgan fingerprint density at radius 2 is 1.83 bits per heavy atom. The smallest absolute Gasteiger partial charge is 0.286 e. The van der Waals surface area contributed by atoms with Crippen molar-refractivity contribution in [1.29, 1.82) is 0 Å². The second-order valence-corrected chi connectivity index (χ2v) is 7.16. The lowest BCUT2D eigenvalue weighted by Gasteiger charge is -2.16. The van der Waals surface area contributed by atoms with Crippen LogP contribution in [-0.4, -0.2) is 38.7 Å². The van der Waals surface area contributed by atoms with Crippen LogP contribution in [0.1, 0.15) is 16.1 Å². The molecule has 1 aliphatic rings. The van der Waals surface area contributed by atoms with Crippen molar-refractivity contribution in [3.05, 3.63) is 82.4 Å². The minimum absolute atomic E-state index is 0.174. The van der Waals surface area contributed by atoms with Crippen LogP contribution in [0.2, 0.25) is 0 Å². The number of nitrogens with one attached hydrogen (secondary N) is 2. The Kier molecular flexibility index (Phi) is 4.51. The number of para-hydroxylation sites is 2. The molecule has 0 aliphatic carbocycles. The monoisotopic (exact) mass is 400 g/mol. The number of aromatic amines is 1. The maximum Gasteiger partial charge on any atom is 0.286 e. The molecule has 30 heavy (non-hydrogen) atoms. The van der Waals surface area contributed by atoms with Crippen molar-refractivity contribution < 1.29 is 4.79 Å². The van der Waals surface area contributed by atoms with Gasteiger partial charge in [-0.2, -0.15) is 0 Å². The van der Waals surface area contributed by atoms with Crippen molar-refractivity contribution in [3.8, 4) is 0 Å². The normalized spacial score (nSPS) is 12.9. The van der Waals surface area contributed by atoms with Crippen LogP contribution in [0.15, 0.2) is 65.6 Å². The van der Waals surface area contributed by atoms with Crippen LogP contribution in [0.5, 0.6) is 0 Å². The van der Waals surface area contributed by atoms with Gasteiger partial charge in [0.1, 0.15) is 0 Å². The summed E-state index contributed by atoms with van der Waals surface area (Å²) in [5.41, 5.74) is 2.52. The van der Waals surface area contributed by atoms with Crippen LogP contribution in [0.3, 0.4) is 0 Å². The first kappa shape index (κ1) is 18.1. The van der Waals surface area contributed by atoms with Gasteiger partial charge in [-0.05, 0) is 30.2 Å². The minimum Gasteiger partial charge on any atom is -0.361 e. The predicted octanol–water partition coefficient (Wildman–Crippen LogP) is 2.24. The van der Waals surface area contributed by atoms with Crippen molar-refractivity contribution in [1.82, 2.24) is 25.1 Å². The number of rotatable bonds is 5. The van der Waals surface area contributed by atoms with Gasteiger partial charge in [0.05, 0.1) is 0 Å². The van der Waals surface area contributed by atoms with Gasteiger partial charge in [0.2, 0.25) is 11.6 Å². The molecule has 1 amide bonds. The second-order valence-electron chi connectivity index (χ2n) is 7.16. The summed E-state index contributed by atoms with van der Waals surface area (Å²) >= 11 is 0. The number of hydrogen-bond donors (Lipinski definition) is 2. The molecular formula is C22H20N6O2. The number of hydrogen-bond acceptors (Lipinski definition) is 5. The van der Waals surface area contributed by atoms with Crippen LogP contribution in [0.25, 0.3) is 10.9 Å². The van der Waals surface area contributed by atoms with Crippen molar-refractivity contribution in [2.75, 3.05) is 18.0 Å². The molecule has 0 saturated carbocycles. The largest absolute Gasteiger partial charge is 0.361 e. The average Bonchev–Trinajstić information content (AvgIpc) is 3.40. The van der Waals surface area contributed by atoms with Gasteiger partial charge in [0, 0.05) is 42.4 Å². The molecule has 8 heteroatoms. The highest BCUT2D eigenvalue weighted by Crippen LogP contribution is 2.25. The van der Waals surface area contributed by atoms with E-state index in [1.807, 2.05) is 65.7 Å². The highest BCUT2D eigenvalue weighted by molar-refractivity contribution is 5.92. The Balaban J connectivity index is 1.30. The summed E-state index contributed by atoms with van der Waals surface area (Å²) in [5.74, 6) is -0.0395. The number of carbonyl (C=O) groups excluding carboxylic acids is 1. The number of fused-ring (bicyclic) bond motifs is 2. The molecule has 3 heterocycles. The molecule has 0 fully saturated rings. The number of amides is 1. The fourth-order valence-electron chi connectivity index (χ4n) is 3.84. The summed E-state index contributed by atoms with van der Waals surface area (Å²) in [4.78, 5) is 30.5. The Bertz CT molecular complexity index is 1280. The second kappa shape index (κ2) is 7.47. The SMILES string of the molecule is O=C(NCCc1c[nH]c2ccccc12)c1nnc2n(c1=O)CCN2c1ccccc1. The quantitative estimate of drug-likeness (QED) is 0.536. The molecular weight excluding hydrogens is 380 g/mol. The van der Waals surface area contributed by atoms with E-state index in [4.69, 9.17) is 0 Å². The zero-order valence-corrected chi connectivity index (χ0v) is 16.2. The summed E-state index contributed by atoms with van der Waals surface area (Å²) in [5, 5.41) is 12.0. The lowest BCUT2D eigenvalue weighted by molar-refractivity contribution is 0.0945. The molecule has 0 bridgehead atoms. The molecule has 0 radical (unpaired) electrons. The first-order valence-corrected chi connectivity index (χ1v) is 9.85. The minimum atomic E-state index is -0.499. The van der Waals surface area contributed by atoms with E-state index in [1.54, 1.807) is 0 Å². The fourth-order valence-corrected chi connectivity index (χ4v) is 3.84. The van der Waals surface area contributed by atoms with Crippen LogP contribution in [0, 0.1) is 0 Å². The van der Waals surface area contributed by atoms with E-state index in [1.165, 1.54) is 4.57 Å². The summed E-state index contributed by atoms with van der Waals surface area (Å²) in [6.45, 7) is 1.48. The Morgan fingerprint density at radius 1 is 1.03 bits per heavy atom. The summed E-state index contributed by atoms with van der Waals surface area (Å²) in [6, 6.07) is 17.7. The zero-order valence-electron chi connectivity index (χ0n) is 16.2. The average molecular weight is 400 g/mol. The van der Waals surface area contributed by atoms with Gasteiger partial charge in [0.25, 0.3) is 11.5 Å². The molecule has 2 N–H and O–H groups in total. The van der Waals surface area contributed by atoms with E-state index >= 15 is 0 Å². The molecule has 2 aromatic carbocycles. The van der Waals surface area contributed by atoms with Gasteiger partial charge >= 0.3 is 0 Å². The number of anilines is 2. The highest BCUT2D eigenvalue weighted by Gasteiger charge is 2.27. The van der Waals surface area contributed by atoms with Gasteiger partial charge in [0.15, 0.2) is 0 Å². The molecule has 0 spiro atoms. The van der Waals surface area contributed by atoms with E-state index in [9.17, 15) is 9.59 Å². The molecule has 0 saturated heterocycles. The van der Waals surface area contributed by atoms with Crippen LogP contribution in [0.4, 0.5) is 11.6 Å². The maximum absolute atomic E-state index is 12.8. The van der Waals surface area contributed by atoms with E-state index in [0.29, 0.717) is 32.0 Å². The molecule has 4 aromatic rings. The fraction of sp³-hybridized carbons (Fsp3) is 0.182. The van der Waals surface area contributed by atoms with E-state index in [-0.39, 0.29) is 5.69 Å². The van der Waals surface area contributed by atoms with Crippen molar-refractivity contribution in [2.24, 2.45) is 0 Å². The summed E-state index contributed by atoms with van der Waals surface area (Å²) < 4.78 is 1.51. The van der Waals surface area contributed by atoms with E-state index < -0.39 is 11.5 Å². The van der Waals surface area contributed by atoms with Gasteiger partial charge in [-0.1, -0.05) is 36.4 Å². The first-order valence-electron chi connectivity index (χ1n) is 9.85. The predicted molar refractivity (Wildman–Crippen MR) is 114 cm³/mol. The Hall–Kier alpha value is -3.94. The number of benzene rings is 2. The van der Waals surface area contributed by atoms with Gasteiger partial charge in [-0.15, -0.1) is 10.2 Å². The molecule has 5 rings (SSSR count). The molecule has 1 aliphatic heterocycles. The zero-order chi connectivity index (χ0) is 20.5. The van der Waals surface area contributed by atoms with Crippen molar-refractivity contribution in [3.63, 3.8) is 0 Å². The number of H-pyrrole nitrogens is 1. The van der Waals surface area contributed by atoms with Crippen LogP contribution < -0.4 is 15.8 Å². The standard InChI is InChI=1S/C22H20N6O2/c29-20(23-11-10-15-14-24-18-9-5-4-8-17(15)18)19-21(30)28-13-12-27(22(28)26-25-19)16-6-2-1-3-7-16/h1-9,14,24H,10-13H2,(H,23,29).